The summed E-state index contributed by atoms with van der Waals surface area (Å²) in [5.41, 5.74) is -0.283. The summed E-state index contributed by atoms with van der Waals surface area (Å²) in [4.78, 5) is 0. The SMILES string of the molecule is CC[C@H](C/C=C/[C@@]1(CC)COC2(CCCCC2)O1)CO[Si](c1ccccc1)(c1ccccc1)C(C)(C)C. The second-order valence-corrected chi connectivity index (χ2v) is 16.5. The van der Waals surface area contributed by atoms with Crippen LogP contribution in [0, 0.1) is 5.92 Å². The molecule has 4 rings (SSSR count). The van der Waals surface area contributed by atoms with Gasteiger partial charge in [0.25, 0.3) is 8.32 Å². The first kappa shape index (κ1) is 28.3. The fraction of sp³-hybridized carbons (Fsp3) is 0.576. The Hall–Kier alpha value is -1.72. The van der Waals surface area contributed by atoms with E-state index in [2.05, 4.69) is 107 Å². The lowest BCUT2D eigenvalue weighted by atomic mass is 9.93. The number of hydrogen-bond acceptors (Lipinski definition) is 3. The van der Waals surface area contributed by atoms with Crippen LogP contribution in [0.5, 0.6) is 0 Å². The maximum atomic E-state index is 7.23. The van der Waals surface area contributed by atoms with E-state index in [0.717, 1.165) is 38.7 Å². The molecule has 0 N–H and O–H groups in total. The maximum Gasteiger partial charge on any atom is 0.261 e. The molecular weight excluding hydrogens is 472 g/mol. The van der Waals surface area contributed by atoms with E-state index in [1.54, 1.807) is 0 Å². The Kier molecular flexibility index (Phi) is 9.16. The smallest absolute Gasteiger partial charge is 0.261 e. The van der Waals surface area contributed by atoms with Crippen LogP contribution in [0.2, 0.25) is 5.04 Å². The van der Waals surface area contributed by atoms with Crippen LogP contribution in [0.4, 0.5) is 0 Å². The van der Waals surface area contributed by atoms with Gasteiger partial charge in [-0.05, 0) is 47.0 Å². The molecule has 202 valence electrons. The molecule has 2 aliphatic rings. The average molecular weight is 521 g/mol. The number of rotatable bonds is 10. The van der Waals surface area contributed by atoms with Crippen LogP contribution >= 0.6 is 0 Å². The van der Waals surface area contributed by atoms with Crippen LogP contribution in [-0.2, 0) is 13.9 Å². The van der Waals surface area contributed by atoms with Crippen molar-refractivity contribution in [3.05, 3.63) is 72.8 Å². The van der Waals surface area contributed by atoms with Crippen LogP contribution < -0.4 is 10.4 Å². The first-order valence-electron chi connectivity index (χ1n) is 14.5. The monoisotopic (exact) mass is 520 g/mol. The van der Waals surface area contributed by atoms with E-state index >= 15 is 0 Å². The summed E-state index contributed by atoms with van der Waals surface area (Å²) in [6, 6.07) is 21.9. The number of allylic oxidation sites excluding steroid dienone is 1. The van der Waals surface area contributed by atoms with Crippen LogP contribution in [0.25, 0.3) is 0 Å². The van der Waals surface area contributed by atoms with Crippen molar-refractivity contribution in [2.45, 2.75) is 102 Å². The molecule has 2 atom stereocenters. The van der Waals surface area contributed by atoms with Crippen molar-refractivity contribution in [3.63, 3.8) is 0 Å². The lowest BCUT2D eigenvalue weighted by Crippen LogP contribution is -2.66. The third-order valence-electron chi connectivity index (χ3n) is 8.60. The molecular formula is C33H48O3Si. The molecule has 0 unspecified atom stereocenters. The van der Waals surface area contributed by atoms with Gasteiger partial charge in [-0.3, -0.25) is 0 Å². The highest BCUT2D eigenvalue weighted by Gasteiger charge is 2.51. The largest absolute Gasteiger partial charge is 0.407 e. The second kappa shape index (κ2) is 12.0. The first-order valence-corrected chi connectivity index (χ1v) is 16.5. The Balaban J connectivity index is 1.50. The third kappa shape index (κ3) is 6.14. The predicted octanol–water partition coefficient (Wildman–Crippen LogP) is 7.39. The van der Waals surface area contributed by atoms with Crippen molar-refractivity contribution in [1.29, 1.82) is 0 Å². The Bertz CT molecular complexity index is 952. The maximum absolute atomic E-state index is 7.23. The van der Waals surface area contributed by atoms with E-state index < -0.39 is 8.32 Å². The Morgan fingerprint density at radius 2 is 1.51 bits per heavy atom. The van der Waals surface area contributed by atoms with Gasteiger partial charge in [0.2, 0.25) is 0 Å². The predicted molar refractivity (Wildman–Crippen MR) is 157 cm³/mol. The fourth-order valence-electron chi connectivity index (χ4n) is 6.23. The number of hydrogen-bond donors (Lipinski definition) is 0. The van der Waals surface area contributed by atoms with Crippen molar-refractivity contribution in [1.82, 2.24) is 0 Å². The molecule has 1 saturated heterocycles. The molecule has 2 fully saturated rings. The van der Waals surface area contributed by atoms with Crippen LogP contribution in [-0.4, -0.2) is 32.9 Å². The second-order valence-electron chi connectivity index (χ2n) is 12.2. The molecule has 2 aromatic carbocycles. The molecule has 2 aromatic rings. The van der Waals surface area contributed by atoms with E-state index in [0.29, 0.717) is 12.5 Å². The van der Waals surface area contributed by atoms with Gasteiger partial charge in [-0.15, -0.1) is 0 Å². The molecule has 1 saturated carbocycles. The van der Waals surface area contributed by atoms with E-state index in [4.69, 9.17) is 13.9 Å². The Morgan fingerprint density at radius 3 is 2.03 bits per heavy atom. The summed E-state index contributed by atoms with van der Waals surface area (Å²) in [6.45, 7) is 13.0. The average Bonchev–Trinajstić information content (AvgIpc) is 3.26. The van der Waals surface area contributed by atoms with E-state index in [1.807, 2.05) is 0 Å². The quantitative estimate of drug-likeness (QED) is 0.241. The summed E-state index contributed by atoms with van der Waals surface area (Å²) in [5.74, 6) is 0.118. The summed E-state index contributed by atoms with van der Waals surface area (Å²) in [6.07, 6.45) is 13.5. The molecule has 0 radical (unpaired) electrons. The van der Waals surface area contributed by atoms with Gasteiger partial charge >= 0.3 is 0 Å². The highest BCUT2D eigenvalue weighted by molar-refractivity contribution is 6.99. The van der Waals surface area contributed by atoms with Crippen molar-refractivity contribution < 1.29 is 13.9 Å². The highest BCUT2D eigenvalue weighted by Crippen LogP contribution is 2.43. The number of ether oxygens (including phenoxy) is 2. The number of benzene rings is 2. The van der Waals surface area contributed by atoms with Crippen LogP contribution in [0.1, 0.15) is 86.0 Å². The minimum atomic E-state index is -2.51. The molecule has 4 heteroatoms. The van der Waals surface area contributed by atoms with Crippen LogP contribution in [0.15, 0.2) is 72.8 Å². The summed E-state index contributed by atoms with van der Waals surface area (Å²) in [7, 11) is -2.51. The molecule has 1 spiro atoms. The fourth-order valence-corrected chi connectivity index (χ4v) is 10.9. The van der Waals surface area contributed by atoms with Gasteiger partial charge in [-0.25, -0.2) is 0 Å². The van der Waals surface area contributed by atoms with Crippen LogP contribution in [0.3, 0.4) is 0 Å². The van der Waals surface area contributed by atoms with E-state index in [1.165, 1.54) is 29.6 Å². The van der Waals surface area contributed by atoms with Crippen molar-refractivity contribution in [2.75, 3.05) is 13.2 Å². The van der Waals surface area contributed by atoms with Gasteiger partial charge in [0.15, 0.2) is 5.79 Å². The van der Waals surface area contributed by atoms with Gasteiger partial charge in [0.1, 0.15) is 5.60 Å². The lowest BCUT2D eigenvalue weighted by molar-refractivity contribution is -0.197. The van der Waals surface area contributed by atoms with Gasteiger partial charge in [-0.1, -0.05) is 120 Å². The van der Waals surface area contributed by atoms with Gasteiger partial charge in [0.05, 0.1) is 6.61 Å². The van der Waals surface area contributed by atoms with Gasteiger partial charge in [0, 0.05) is 19.4 Å². The summed E-state index contributed by atoms with van der Waals surface area (Å²) in [5, 5.41) is 2.69. The molecule has 1 aliphatic heterocycles. The molecule has 0 aromatic heterocycles. The van der Waals surface area contributed by atoms with Crippen molar-refractivity contribution >= 4 is 18.7 Å². The zero-order valence-corrected chi connectivity index (χ0v) is 24.8. The molecule has 37 heavy (non-hydrogen) atoms. The van der Waals surface area contributed by atoms with Crippen molar-refractivity contribution in [3.8, 4) is 0 Å². The zero-order valence-electron chi connectivity index (χ0n) is 23.8. The highest BCUT2D eigenvalue weighted by atomic mass is 28.4. The molecule has 3 nitrogen and oxygen atoms in total. The Labute approximate surface area is 226 Å². The molecule has 1 aliphatic carbocycles. The summed E-state index contributed by atoms with van der Waals surface area (Å²) < 4.78 is 20.2. The summed E-state index contributed by atoms with van der Waals surface area (Å²) >= 11 is 0. The van der Waals surface area contributed by atoms with E-state index in [-0.39, 0.29) is 16.4 Å². The minimum Gasteiger partial charge on any atom is -0.407 e. The minimum absolute atomic E-state index is 0.000548. The zero-order chi connectivity index (χ0) is 26.4. The molecule has 1 heterocycles. The van der Waals surface area contributed by atoms with Gasteiger partial charge in [-0.2, -0.15) is 0 Å². The normalized spacial score (nSPS) is 23.1. The third-order valence-corrected chi connectivity index (χ3v) is 13.6. The molecule has 0 amide bonds. The molecule has 0 bridgehead atoms. The standard InChI is InChI=1S/C33H48O3Si/c1-6-28(18-17-23-32(7-2)27-34-33(36-32)24-15-10-16-25-33)26-35-37(31(3,4)5,29-19-11-8-12-20-29)30-21-13-9-14-22-30/h8-9,11-14,17,19-23,28H,6-7,10,15-16,18,24-27H2,1-5H3/b23-17+/t28-,32+/m1/s1. The van der Waals surface area contributed by atoms with E-state index in [9.17, 15) is 0 Å². The Morgan fingerprint density at radius 1 is 0.919 bits per heavy atom. The topological polar surface area (TPSA) is 27.7 Å². The van der Waals surface area contributed by atoms with Crippen molar-refractivity contribution in [2.24, 2.45) is 5.92 Å². The lowest BCUT2D eigenvalue weighted by Gasteiger charge is -2.43. The first-order chi connectivity index (χ1) is 17.8. The van der Waals surface area contributed by atoms with Gasteiger partial charge < -0.3 is 13.9 Å².